The van der Waals surface area contributed by atoms with Crippen LogP contribution in [0.5, 0.6) is 0 Å². The number of rotatable bonds is 13. The Kier molecular flexibility index (Phi) is 12.5. The standard InChI is InChI=1S/C25H31Cl3N2O2S/c1-3-5-15-29-25(32)23(4-2)30(17-20-21(27)8-6-9-22(20)28)24(31)10-7-16-33-19-13-11-18(26)12-14-19/h6,8-9,11-14,23H,3-5,7,10,15-17H2,1-2H3,(H,29,32)/t23-/m0/s1. The van der Waals surface area contributed by atoms with Crippen molar-refractivity contribution in [2.75, 3.05) is 12.3 Å². The zero-order valence-corrected chi connectivity index (χ0v) is 22.2. The molecule has 2 aromatic carbocycles. The van der Waals surface area contributed by atoms with Gasteiger partial charge in [-0.05, 0) is 61.4 Å². The molecule has 1 atom stereocenters. The van der Waals surface area contributed by atoms with Gasteiger partial charge in [0.1, 0.15) is 6.04 Å². The van der Waals surface area contributed by atoms with E-state index in [9.17, 15) is 9.59 Å². The first-order valence-corrected chi connectivity index (χ1v) is 13.4. The zero-order chi connectivity index (χ0) is 24.2. The largest absolute Gasteiger partial charge is 0.354 e. The maximum absolute atomic E-state index is 13.3. The molecule has 0 bridgehead atoms. The highest BCUT2D eigenvalue weighted by Crippen LogP contribution is 2.28. The Hall–Kier alpha value is -1.40. The Morgan fingerprint density at radius 2 is 1.67 bits per heavy atom. The fraction of sp³-hybridized carbons (Fsp3) is 0.440. The van der Waals surface area contributed by atoms with Gasteiger partial charge in [-0.1, -0.05) is 61.1 Å². The van der Waals surface area contributed by atoms with Crippen molar-refractivity contribution in [2.45, 2.75) is 63.4 Å². The second kappa shape index (κ2) is 14.8. The average molecular weight is 530 g/mol. The summed E-state index contributed by atoms with van der Waals surface area (Å²) < 4.78 is 0. The predicted octanol–water partition coefficient (Wildman–Crippen LogP) is 7.24. The molecule has 0 aliphatic carbocycles. The lowest BCUT2D eigenvalue weighted by Crippen LogP contribution is -2.49. The smallest absolute Gasteiger partial charge is 0.242 e. The quantitative estimate of drug-likeness (QED) is 0.220. The first kappa shape index (κ1) is 27.8. The van der Waals surface area contributed by atoms with Crippen LogP contribution in [-0.4, -0.2) is 35.1 Å². The highest BCUT2D eigenvalue weighted by Gasteiger charge is 2.29. The molecule has 0 radical (unpaired) electrons. The molecular weight excluding hydrogens is 499 g/mol. The number of carbonyl (C=O) groups excluding carboxylic acids is 2. The molecule has 33 heavy (non-hydrogen) atoms. The van der Waals surface area contributed by atoms with Gasteiger partial charge >= 0.3 is 0 Å². The van der Waals surface area contributed by atoms with E-state index in [0.29, 0.717) is 46.4 Å². The Morgan fingerprint density at radius 1 is 1.00 bits per heavy atom. The van der Waals surface area contributed by atoms with Gasteiger partial charge < -0.3 is 10.2 Å². The van der Waals surface area contributed by atoms with Crippen LogP contribution in [0.2, 0.25) is 15.1 Å². The normalized spacial score (nSPS) is 11.8. The molecule has 0 aromatic heterocycles. The van der Waals surface area contributed by atoms with Crippen LogP contribution in [-0.2, 0) is 16.1 Å². The Bertz CT molecular complexity index is 889. The van der Waals surface area contributed by atoms with Crippen molar-refractivity contribution in [3.05, 3.63) is 63.1 Å². The highest BCUT2D eigenvalue weighted by molar-refractivity contribution is 7.99. The molecule has 0 aliphatic rings. The van der Waals surface area contributed by atoms with E-state index in [4.69, 9.17) is 34.8 Å². The molecule has 8 heteroatoms. The summed E-state index contributed by atoms with van der Waals surface area (Å²) >= 11 is 20.4. The Labute approximate surface area is 216 Å². The van der Waals surface area contributed by atoms with Gasteiger partial charge in [0.05, 0.1) is 0 Å². The van der Waals surface area contributed by atoms with E-state index in [1.807, 2.05) is 31.2 Å². The van der Waals surface area contributed by atoms with Crippen molar-refractivity contribution < 1.29 is 9.59 Å². The third-order valence-corrected chi connectivity index (χ3v) is 7.28. The molecule has 0 fully saturated rings. The van der Waals surface area contributed by atoms with Crippen molar-refractivity contribution in [3.63, 3.8) is 0 Å². The van der Waals surface area contributed by atoms with E-state index >= 15 is 0 Å². The van der Waals surface area contributed by atoms with Gasteiger partial charge in [-0.25, -0.2) is 0 Å². The highest BCUT2D eigenvalue weighted by atomic mass is 35.5. The van der Waals surface area contributed by atoms with Gasteiger partial charge in [0.15, 0.2) is 0 Å². The summed E-state index contributed by atoms with van der Waals surface area (Å²) in [6, 6.07) is 12.3. The minimum absolute atomic E-state index is 0.0832. The van der Waals surface area contributed by atoms with Gasteiger partial charge in [-0.15, -0.1) is 11.8 Å². The van der Waals surface area contributed by atoms with Crippen LogP contribution in [0.25, 0.3) is 0 Å². The summed E-state index contributed by atoms with van der Waals surface area (Å²) in [5.74, 6) is 0.561. The minimum atomic E-state index is -0.578. The molecule has 0 saturated heterocycles. The summed E-state index contributed by atoms with van der Waals surface area (Å²) in [5.41, 5.74) is 0.657. The number of carbonyl (C=O) groups is 2. The molecule has 0 aliphatic heterocycles. The second-order valence-corrected chi connectivity index (χ2v) is 10.1. The number of benzene rings is 2. The first-order valence-electron chi connectivity index (χ1n) is 11.3. The van der Waals surface area contributed by atoms with E-state index in [1.54, 1.807) is 34.9 Å². The van der Waals surface area contributed by atoms with Crippen LogP contribution in [0.4, 0.5) is 0 Å². The topological polar surface area (TPSA) is 49.4 Å². The molecule has 2 amide bonds. The summed E-state index contributed by atoms with van der Waals surface area (Å²) in [5, 5.41) is 4.64. The van der Waals surface area contributed by atoms with Gasteiger partial charge in [0.25, 0.3) is 0 Å². The lowest BCUT2D eigenvalue weighted by atomic mass is 10.1. The molecular formula is C25H31Cl3N2O2S. The SMILES string of the molecule is CCCCNC(=O)[C@H](CC)N(Cc1c(Cl)cccc1Cl)C(=O)CCCSc1ccc(Cl)cc1. The van der Waals surface area contributed by atoms with E-state index in [1.165, 1.54) is 0 Å². The first-order chi connectivity index (χ1) is 15.9. The summed E-state index contributed by atoms with van der Waals surface area (Å²) in [6.07, 6.45) is 3.41. The Morgan fingerprint density at radius 3 is 2.27 bits per heavy atom. The fourth-order valence-corrected chi connectivity index (χ4v) is 4.86. The van der Waals surface area contributed by atoms with Crippen molar-refractivity contribution in [2.24, 2.45) is 0 Å². The summed E-state index contributed by atoms with van der Waals surface area (Å²) in [4.78, 5) is 28.9. The van der Waals surface area contributed by atoms with Crippen molar-refractivity contribution in [1.82, 2.24) is 10.2 Å². The number of nitrogens with zero attached hydrogens (tertiary/aromatic N) is 1. The van der Waals surface area contributed by atoms with Crippen molar-refractivity contribution in [3.8, 4) is 0 Å². The van der Waals surface area contributed by atoms with Crippen LogP contribution < -0.4 is 5.32 Å². The van der Waals surface area contributed by atoms with E-state index in [-0.39, 0.29) is 18.4 Å². The molecule has 0 saturated carbocycles. The third kappa shape index (κ3) is 9.05. The maximum Gasteiger partial charge on any atom is 0.242 e. The molecule has 0 heterocycles. The number of hydrogen-bond acceptors (Lipinski definition) is 3. The third-order valence-electron chi connectivity index (χ3n) is 5.22. The average Bonchev–Trinajstić information content (AvgIpc) is 2.79. The number of hydrogen-bond donors (Lipinski definition) is 1. The lowest BCUT2D eigenvalue weighted by molar-refractivity contribution is -0.141. The van der Waals surface area contributed by atoms with E-state index in [2.05, 4.69) is 12.2 Å². The van der Waals surface area contributed by atoms with Crippen molar-refractivity contribution in [1.29, 1.82) is 0 Å². The molecule has 4 nitrogen and oxygen atoms in total. The number of amides is 2. The van der Waals surface area contributed by atoms with Crippen LogP contribution >= 0.6 is 46.6 Å². The molecule has 0 spiro atoms. The molecule has 180 valence electrons. The van der Waals surface area contributed by atoms with Crippen LogP contribution in [0.1, 0.15) is 51.5 Å². The monoisotopic (exact) mass is 528 g/mol. The molecule has 0 unspecified atom stereocenters. The molecule has 1 N–H and O–H groups in total. The zero-order valence-electron chi connectivity index (χ0n) is 19.1. The van der Waals surface area contributed by atoms with Gasteiger partial charge in [-0.3, -0.25) is 9.59 Å². The fourth-order valence-electron chi connectivity index (χ4n) is 3.37. The van der Waals surface area contributed by atoms with Gasteiger partial charge in [0.2, 0.25) is 11.8 Å². The van der Waals surface area contributed by atoms with Crippen LogP contribution in [0.3, 0.4) is 0 Å². The van der Waals surface area contributed by atoms with E-state index in [0.717, 1.165) is 23.5 Å². The van der Waals surface area contributed by atoms with Crippen LogP contribution in [0, 0.1) is 0 Å². The van der Waals surface area contributed by atoms with E-state index < -0.39 is 6.04 Å². The summed E-state index contributed by atoms with van der Waals surface area (Å²) in [6.45, 7) is 4.77. The molecule has 2 rings (SSSR count). The second-order valence-electron chi connectivity index (χ2n) is 7.70. The predicted molar refractivity (Wildman–Crippen MR) is 140 cm³/mol. The van der Waals surface area contributed by atoms with Crippen LogP contribution in [0.15, 0.2) is 47.4 Å². The number of halogens is 3. The van der Waals surface area contributed by atoms with Crippen molar-refractivity contribution >= 4 is 58.4 Å². The lowest BCUT2D eigenvalue weighted by Gasteiger charge is -2.31. The minimum Gasteiger partial charge on any atom is -0.354 e. The number of unbranched alkanes of at least 4 members (excludes halogenated alkanes) is 1. The number of nitrogens with one attached hydrogen (secondary N) is 1. The van der Waals surface area contributed by atoms with Gasteiger partial charge in [0, 0.05) is 45.0 Å². The Balaban J connectivity index is 2.09. The summed E-state index contributed by atoms with van der Waals surface area (Å²) in [7, 11) is 0. The maximum atomic E-state index is 13.3. The van der Waals surface area contributed by atoms with Gasteiger partial charge in [-0.2, -0.15) is 0 Å². The number of thioether (sulfide) groups is 1. The molecule has 2 aromatic rings.